The molecule has 0 aromatic rings. The van der Waals surface area contributed by atoms with Gasteiger partial charge in [-0.15, -0.1) is 0 Å². The van der Waals surface area contributed by atoms with Gasteiger partial charge in [0.2, 0.25) is 0 Å². The van der Waals surface area contributed by atoms with Crippen LogP contribution in [0.1, 0.15) is 39.5 Å². The Kier molecular flexibility index (Phi) is 9.44. The van der Waals surface area contributed by atoms with Crippen LogP contribution in [-0.2, 0) is 4.74 Å². The van der Waals surface area contributed by atoms with Crippen molar-refractivity contribution in [2.45, 2.75) is 51.7 Å². The number of piperidine rings is 2. The average Bonchev–Trinajstić information content (AvgIpc) is 2.42. The molecule has 2 saturated heterocycles. The first-order chi connectivity index (χ1) is 9.65. The number of nitrogens with zero attached hydrogens (tertiary/aromatic N) is 1. The summed E-state index contributed by atoms with van der Waals surface area (Å²) < 4.78 is 6.22. The molecular formula is C16H35N3O. The summed E-state index contributed by atoms with van der Waals surface area (Å²) in [7, 11) is 3.75. The Morgan fingerprint density at radius 3 is 2.05 bits per heavy atom. The summed E-state index contributed by atoms with van der Waals surface area (Å²) >= 11 is 0. The fourth-order valence-corrected chi connectivity index (χ4v) is 2.95. The van der Waals surface area contributed by atoms with Crippen LogP contribution < -0.4 is 10.6 Å². The first kappa shape index (κ1) is 17.9. The third kappa shape index (κ3) is 7.58. The van der Waals surface area contributed by atoms with Crippen LogP contribution in [0.2, 0.25) is 0 Å². The Morgan fingerprint density at radius 1 is 1.05 bits per heavy atom. The summed E-state index contributed by atoms with van der Waals surface area (Å²) in [5.74, 6) is 0.789. The molecule has 0 bridgehead atoms. The maximum absolute atomic E-state index is 6.22. The van der Waals surface area contributed by atoms with Gasteiger partial charge in [-0.25, -0.2) is 0 Å². The van der Waals surface area contributed by atoms with E-state index in [-0.39, 0.29) is 0 Å². The topological polar surface area (TPSA) is 36.5 Å². The molecule has 2 fully saturated rings. The van der Waals surface area contributed by atoms with Gasteiger partial charge >= 0.3 is 0 Å². The van der Waals surface area contributed by atoms with Gasteiger partial charge in [-0.3, -0.25) is 0 Å². The first-order valence-corrected chi connectivity index (χ1v) is 8.32. The Bertz CT molecular complexity index is 222. The van der Waals surface area contributed by atoms with Crippen molar-refractivity contribution in [3.8, 4) is 0 Å². The van der Waals surface area contributed by atoms with E-state index >= 15 is 0 Å². The van der Waals surface area contributed by atoms with Crippen molar-refractivity contribution in [1.82, 2.24) is 15.5 Å². The average molecular weight is 285 g/mol. The molecule has 2 rings (SSSR count). The highest BCUT2D eigenvalue weighted by atomic mass is 16.5. The summed E-state index contributed by atoms with van der Waals surface area (Å²) in [6.45, 7) is 10.6. The van der Waals surface area contributed by atoms with E-state index in [2.05, 4.69) is 29.4 Å². The molecule has 2 heterocycles. The zero-order chi connectivity index (χ0) is 14.8. The monoisotopic (exact) mass is 285 g/mol. The third-order valence-corrected chi connectivity index (χ3v) is 3.83. The van der Waals surface area contributed by atoms with Crippen LogP contribution in [0.5, 0.6) is 0 Å². The second-order valence-corrected chi connectivity index (χ2v) is 6.48. The SMILES string of the molecule is CC(C)CN1CCC(OC2CCNCC2)CC1.CNC. The zero-order valence-electron chi connectivity index (χ0n) is 14.0. The predicted molar refractivity (Wildman–Crippen MR) is 86.3 cm³/mol. The molecule has 2 aliphatic rings. The van der Waals surface area contributed by atoms with Gasteiger partial charge in [-0.05, 0) is 58.8 Å². The number of hydrogen-bond acceptors (Lipinski definition) is 4. The molecule has 0 amide bonds. The van der Waals surface area contributed by atoms with Crippen LogP contribution in [0.25, 0.3) is 0 Å². The molecular weight excluding hydrogens is 250 g/mol. The van der Waals surface area contributed by atoms with Crippen molar-refractivity contribution < 1.29 is 4.74 Å². The second kappa shape index (κ2) is 10.6. The molecule has 0 aromatic heterocycles. The van der Waals surface area contributed by atoms with E-state index in [1.807, 2.05) is 14.1 Å². The van der Waals surface area contributed by atoms with Gasteiger partial charge < -0.3 is 20.3 Å². The molecule has 0 aromatic carbocycles. The first-order valence-electron chi connectivity index (χ1n) is 8.32. The molecule has 0 aliphatic carbocycles. The third-order valence-electron chi connectivity index (χ3n) is 3.83. The maximum atomic E-state index is 6.22. The Balaban J connectivity index is 0.000000612. The van der Waals surface area contributed by atoms with Gasteiger partial charge in [-0.1, -0.05) is 13.8 Å². The highest BCUT2D eigenvalue weighted by molar-refractivity contribution is 4.76. The van der Waals surface area contributed by atoms with Gasteiger partial charge in [0.25, 0.3) is 0 Å². The van der Waals surface area contributed by atoms with Crippen LogP contribution in [0.4, 0.5) is 0 Å². The molecule has 0 atom stereocenters. The van der Waals surface area contributed by atoms with Gasteiger partial charge in [-0.2, -0.15) is 0 Å². The Labute approximate surface area is 125 Å². The quantitative estimate of drug-likeness (QED) is 0.824. The molecule has 20 heavy (non-hydrogen) atoms. The van der Waals surface area contributed by atoms with Gasteiger partial charge in [0.15, 0.2) is 0 Å². The number of rotatable bonds is 4. The lowest BCUT2D eigenvalue weighted by Gasteiger charge is -2.35. The van der Waals surface area contributed by atoms with E-state index < -0.39 is 0 Å². The maximum Gasteiger partial charge on any atom is 0.0603 e. The summed E-state index contributed by atoms with van der Waals surface area (Å²) in [5.41, 5.74) is 0. The van der Waals surface area contributed by atoms with Crippen LogP contribution in [0, 0.1) is 5.92 Å². The van der Waals surface area contributed by atoms with Crippen molar-refractivity contribution in [2.75, 3.05) is 46.8 Å². The number of ether oxygens (including phenoxy) is 1. The molecule has 0 spiro atoms. The summed E-state index contributed by atoms with van der Waals surface area (Å²) in [6.07, 6.45) is 5.92. The number of likely N-dealkylation sites (tertiary alicyclic amines) is 1. The fourth-order valence-electron chi connectivity index (χ4n) is 2.95. The van der Waals surface area contributed by atoms with Crippen LogP contribution in [0.3, 0.4) is 0 Å². The number of nitrogens with one attached hydrogen (secondary N) is 2. The normalized spacial score (nSPS) is 22.6. The van der Waals surface area contributed by atoms with E-state index in [0.29, 0.717) is 12.2 Å². The molecule has 0 radical (unpaired) electrons. The lowest BCUT2D eigenvalue weighted by molar-refractivity contribution is -0.0539. The molecule has 0 saturated carbocycles. The van der Waals surface area contributed by atoms with E-state index in [4.69, 9.17) is 4.74 Å². The van der Waals surface area contributed by atoms with Crippen molar-refractivity contribution in [2.24, 2.45) is 5.92 Å². The van der Waals surface area contributed by atoms with Gasteiger partial charge in [0.1, 0.15) is 0 Å². The largest absolute Gasteiger partial charge is 0.375 e. The van der Waals surface area contributed by atoms with Crippen molar-refractivity contribution in [3.05, 3.63) is 0 Å². The van der Waals surface area contributed by atoms with Crippen LogP contribution >= 0.6 is 0 Å². The molecule has 2 N–H and O–H groups in total. The van der Waals surface area contributed by atoms with Crippen molar-refractivity contribution in [3.63, 3.8) is 0 Å². The minimum Gasteiger partial charge on any atom is -0.375 e. The van der Waals surface area contributed by atoms with E-state index in [1.54, 1.807) is 0 Å². The standard InChI is InChI=1S/C14H28N2O.C2H7N/c1-12(2)11-16-9-5-14(6-10-16)17-13-3-7-15-8-4-13;1-3-2/h12-15H,3-11H2,1-2H3;3H,1-2H3. The van der Waals surface area contributed by atoms with Crippen molar-refractivity contribution in [1.29, 1.82) is 0 Å². The molecule has 4 heteroatoms. The van der Waals surface area contributed by atoms with E-state index in [0.717, 1.165) is 19.0 Å². The van der Waals surface area contributed by atoms with Crippen LogP contribution in [-0.4, -0.2) is 63.9 Å². The Hall–Kier alpha value is -0.160. The van der Waals surface area contributed by atoms with Crippen LogP contribution in [0.15, 0.2) is 0 Å². The van der Waals surface area contributed by atoms with E-state index in [9.17, 15) is 0 Å². The predicted octanol–water partition coefficient (Wildman–Crippen LogP) is 1.71. The lowest BCUT2D eigenvalue weighted by atomic mass is 10.0. The molecule has 120 valence electrons. The smallest absolute Gasteiger partial charge is 0.0603 e. The molecule has 0 unspecified atom stereocenters. The summed E-state index contributed by atoms with van der Waals surface area (Å²) in [4.78, 5) is 2.59. The highest BCUT2D eigenvalue weighted by Gasteiger charge is 2.23. The minimum atomic E-state index is 0.526. The lowest BCUT2D eigenvalue weighted by Crippen LogP contribution is -2.41. The van der Waals surface area contributed by atoms with Gasteiger partial charge in [0, 0.05) is 19.6 Å². The molecule has 4 nitrogen and oxygen atoms in total. The second-order valence-electron chi connectivity index (χ2n) is 6.48. The summed E-state index contributed by atoms with van der Waals surface area (Å²) in [5, 5.41) is 6.14. The zero-order valence-corrected chi connectivity index (χ0v) is 14.0. The van der Waals surface area contributed by atoms with Crippen molar-refractivity contribution >= 4 is 0 Å². The minimum absolute atomic E-state index is 0.526. The fraction of sp³-hybridized carbons (Fsp3) is 1.00. The Morgan fingerprint density at radius 2 is 1.55 bits per heavy atom. The van der Waals surface area contributed by atoms with E-state index in [1.165, 1.54) is 45.3 Å². The number of hydrogen-bond donors (Lipinski definition) is 2. The highest BCUT2D eigenvalue weighted by Crippen LogP contribution is 2.19. The summed E-state index contributed by atoms with van der Waals surface area (Å²) in [6, 6.07) is 0. The van der Waals surface area contributed by atoms with Gasteiger partial charge in [0.05, 0.1) is 12.2 Å². The molecule has 2 aliphatic heterocycles.